The monoisotopic (exact) mass is 249 g/mol. The summed E-state index contributed by atoms with van der Waals surface area (Å²) >= 11 is 1.06. The number of hydrogen-bond acceptors (Lipinski definition) is 5. The van der Waals surface area contributed by atoms with Crippen LogP contribution in [0.5, 0.6) is 0 Å². The zero-order valence-electron chi connectivity index (χ0n) is 9.41. The number of aromatic nitrogens is 3. The fourth-order valence-electron chi connectivity index (χ4n) is 1.26. The molecule has 0 aliphatic carbocycles. The molecule has 0 bridgehead atoms. The number of carbonyl (C=O) groups is 1. The predicted octanol–water partition coefficient (Wildman–Crippen LogP) is 0.949. The van der Waals surface area contributed by atoms with Crippen LogP contribution in [0.25, 0.3) is 0 Å². The zero-order valence-corrected chi connectivity index (χ0v) is 10.2. The highest BCUT2D eigenvalue weighted by atomic mass is 32.1. The molecule has 88 valence electrons. The number of nitrogens with one attached hydrogen (secondary N) is 1. The van der Waals surface area contributed by atoms with Gasteiger partial charge in [0.1, 0.15) is 4.88 Å². The molecule has 1 N–H and O–H groups in total. The normalized spacial score (nSPS) is 10.9. The number of amides is 1. The molecule has 6 nitrogen and oxygen atoms in total. The molecule has 0 spiro atoms. The molecule has 2 aromatic heterocycles. The summed E-state index contributed by atoms with van der Waals surface area (Å²) in [4.78, 5) is 12.1. The lowest BCUT2D eigenvalue weighted by Gasteiger charge is -1.97. The minimum Gasteiger partial charge on any atom is -0.350 e. The molecule has 0 aromatic carbocycles. The third-order valence-corrected chi connectivity index (χ3v) is 3.03. The molecule has 1 amide bonds. The number of hydrazone groups is 1. The Morgan fingerprint density at radius 1 is 1.65 bits per heavy atom. The zero-order chi connectivity index (χ0) is 12.3. The number of aryl methyl sites for hydroxylation is 2. The van der Waals surface area contributed by atoms with Gasteiger partial charge in [-0.25, -0.2) is 5.43 Å². The molecule has 2 rings (SSSR count). The third kappa shape index (κ3) is 2.56. The maximum absolute atomic E-state index is 11.6. The lowest BCUT2D eigenvalue weighted by molar-refractivity contribution is 0.0958. The lowest BCUT2D eigenvalue weighted by Crippen LogP contribution is -2.17. The van der Waals surface area contributed by atoms with Gasteiger partial charge in [-0.15, -0.1) is 5.10 Å². The molecule has 17 heavy (non-hydrogen) atoms. The van der Waals surface area contributed by atoms with Gasteiger partial charge in [0.25, 0.3) is 5.91 Å². The summed E-state index contributed by atoms with van der Waals surface area (Å²) in [6.07, 6.45) is 3.49. The van der Waals surface area contributed by atoms with Gasteiger partial charge in [0, 0.05) is 13.2 Å². The number of rotatable bonds is 3. The Hall–Kier alpha value is -2.02. The molecule has 0 radical (unpaired) electrons. The van der Waals surface area contributed by atoms with Gasteiger partial charge in [-0.3, -0.25) is 4.79 Å². The van der Waals surface area contributed by atoms with Crippen molar-refractivity contribution in [2.45, 2.75) is 6.92 Å². The second-order valence-corrected chi connectivity index (χ2v) is 4.18. The largest absolute Gasteiger partial charge is 0.350 e. The fourth-order valence-corrected chi connectivity index (χ4v) is 1.80. The van der Waals surface area contributed by atoms with Crippen LogP contribution in [0.4, 0.5) is 0 Å². The van der Waals surface area contributed by atoms with E-state index in [1.807, 2.05) is 29.9 Å². The third-order valence-electron chi connectivity index (χ3n) is 2.20. The lowest BCUT2D eigenvalue weighted by atomic mass is 10.4. The fraction of sp³-hybridized carbons (Fsp3) is 0.200. The molecule has 7 heteroatoms. The average Bonchev–Trinajstić information content (AvgIpc) is 2.88. The van der Waals surface area contributed by atoms with Crippen LogP contribution in [0.3, 0.4) is 0 Å². The molecule has 0 aliphatic heterocycles. The summed E-state index contributed by atoms with van der Waals surface area (Å²) in [6, 6.07) is 3.80. The van der Waals surface area contributed by atoms with Crippen molar-refractivity contribution in [2.24, 2.45) is 12.1 Å². The molecular weight excluding hydrogens is 238 g/mol. The van der Waals surface area contributed by atoms with Crippen LogP contribution in [0.2, 0.25) is 0 Å². The van der Waals surface area contributed by atoms with Crippen molar-refractivity contribution in [1.82, 2.24) is 19.6 Å². The van der Waals surface area contributed by atoms with Gasteiger partial charge in [0.15, 0.2) is 0 Å². The van der Waals surface area contributed by atoms with Gasteiger partial charge in [-0.2, -0.15) is 5.10 Å². The Balaban J connectivity index is 2.00. The van der Waals surface area contributed by atoms with E-state index in [1.165, 1.54) is 0 Å². The summed E-state index contributed by atoms with van der Waals surface area (Å²) in [5.41, 5.74) is 3.96. The van der Waals surface area contributed by atoms with E-state index in [2.05, 4.69) is 20.1 Å². The van der Waals surface area contributed by atoms with Crippen molar-refractivity contribution in [3.63, 3.8) is 0 Å². The van der Waals surface area contributed by atoms with Crippen molar-refractivity contribution in [3.05, 3.63) is 34.6 Å². The van der Waals surface area contributed by atoms with Crippen LogP contribution in [0.15, 0.2) is 23.4 Å². The van der Waals surface area contributed by atoms with E-state index < -0.39 is 0 Å². The number of carbonyl (C=O) groups excluding carboxylic acids is 1. The van der Waals surface area contributed by atoms with E-state index in [1.54, 1.807) is 13.1 Å². The Labute approximate surface area is 102 Å². The first-order chi connectivity index (χ1) is 8.18. The second kappa shape index (κ2) is 4.88. The Morgan fingerprint density at radius 2 is 2.47 bits per heavy atom. The molecule has 0 saturated heterocycles. The minimum atomic E-state index is -0.289. The van der Waals surface area contributed by atoms with Gasteiger partial charge in [-0.05, 0) is 30.6 Å². The van der Waals surface area contributed by atoms with Crippen molar-refractivity contribution in [2.75, 3.05) is 0 Å². The number of nitrogens with zero attached hydrogens (tertiary/aromatic N) is 4. The van der Waals surface area contributed by atoms with E-state index >= 15 is 0 Å². The molecule has 0 unspecified atom stereocenters. The highest BCUT2D eigenvalue weighted by molar-refractivity contribution is 7.07. The van der Waals surface area contributed by atoms with Crippen molar-refractivity contribution < 1.29 is 4.79 Å². The molecule has 0 saturated carbocycles. The first-order valence-electron chi connectivity index (χ1n) is 4.92. The van der Waals surface area contributed by atoms with Gasteiger partial charge in [0.05, 0.1) is 17.6 Å². The van der Waals surface area contributed by atoms with E-state index in [0.717, 1.165) is 17.2 Å². The second-order valence-electron chi connectivity index (χ2n) is 3.43. The Morgan fingerprint density at radius 3 is 3.06 bits per heavy atom. The molecule has 2 aromatic rings. The SMILES string of the molecule is Cc1nnsc1C(=O)NN=Cc1cccn1C. The molecule has 0 atom stereocenters. The topological polar surface area (TPSA) is 72.2 Å². The Bertz CT molecular complexity index is 557. The standard InChI is InChI=1S/C10H11N5OS/c1-7-9(17-14-12-7)10(16)13-11-6-8-4-3-5-15(8)2/h3-6H,1-2H3,(H,13,16). The molecule has 2 heterocycles. The van der Waals surface area contributed by atoms with E-state index in [4.69, 9.17) is 0 Å². The maximum Gasteiger partial charge on any atom is 0.285 e. The van der Waals surface area contributed by atoms with Crippen molar-refractivity contribution in [1.29, 1.82) is 0 Å². The predicted molar refractivity (Wildman–Crippen MR) is 65.1 cm³/mol. The summed E-state index contributed by atoms with van der Waals surface area (Å²) in [5, 5.41) is 7.64. The highest BCUT2D eigenvalue weighted by Gasteiger charge is 2.11. The summed E-state index contributed by atoms with van der Waals surface area (Å²) in [5.74, 6) is -0.289. The summed E-state index contributed by atoms with van der Waals surface area (Å²) in [6.45, 7) is 1.74. The summed E-state index contributed by atoms with van der Waals surface area (Å²) in [7, 11) is 1.90. The Kier molecular flexibility index (Phi) is 3.29. The molecule has 0 aliphatic rings. The molecular formula is C10H11N5OS. The number of hydrogen-bond donors (Lipinski definition) is 1. The van der Waals surface area contributed by atoms with E-state index in [0.29, 0.717) is 10.6 Å². The van der Waals surface area contributed by atoms with Gasteiger partial charge >= 0.3 is 0 Å². The van der Waals surface area contributed by atoms with Crippen LogP contribution in [0.1, 0.15) is 21.1 Å². The first-order valence-corrected chi connectivity index (χ1v) is 5.69. The van der Waals surface area contributed by atoms with Crippen molar-refractivity contribution >= 4 is 23.7 Å². The minimum absolute atomic E-state index is 0.289. The quantitative estimate of drug-likeness (QED) is 0.650. The van der Waals surface area contributed by atoms with Gasteiger partial charge < -0.3 is 4.57 Å². The van der Waals surface area contributed by atoms with Crippen LogP contribution in [0, 0.1) is 6.92 Å². The van der Waals surface area contributed by atoms with Gasteiger partial charge in [0.2, 0.25) is 0 Å². The van der Waals surface area contributed by atoms with Gasteiger partial charge in [-0.1, -0.05) is 4.49 Å². The molecule has 0 fully saturated rings. The summed E-state index contributed by atoms with van der Waals surface area (Å²) < 4.78 is 5.59. The van der Waals surface area contributed by atoms with Crippen LogP contribution in [-0.4, -0.2) is 26.3 Å². The highest BCUT2D eigenvalue weighted by Crippen LogP contribution is 2.08. The average molecular weight is 249 g/mol. The first kappa shape index (κ1) is 11.5. The van der Waals surface area contributed by atoms with Crippen LogP contribution in [-0.2, 0) is 7.05 Å². The van der Waals surface area contributed by atoms with Crippen LogP contribution >= 0.6 is 11.5 Å². The van der Waals surface area contributed by atoms with Crippen LogP contribution < -0.4 is 5.43 Å². The van der Waals surface area contributed by atoms with E-state index in [-0.39, 0.29) is 5.91 Å². The van der Waals surface area contributed by atoms with Crippen molar-refractivity contribution in [3.8, 4) is 0 Å². The van der Waals surface area contributed by atoms with E-state index in [9.17, 15) is 4.79 Å². The maximum atomic E-state index is 11.6. The smallest absolute Gasteiger partial charge is 0.285 e.